The summed E-state index contributed by atoms with van der Waals surface area (Å²) in [4.78, 5) is 19.0. The molecule has 1 fully saturated rings. The van der Waals surface area contributed by atoms with Crippen LogP contribution in [0.15, 0.2) is 12.1 Å². The van der Waals surface area contributed by atoms with E-state index in [1.54, 1.807) is 6.07 Å². The lowest BCUT2D eigenvalue weighted by molar-refractivity contribution is 0.0911. The average Bonchev–Trinajstić information content (AvgIpc) is 2.48. The first kappa shape index (κ1) is 16.2. The lowest BCUT2D eigenvalue weighted by Gasteiger charge is -2.32. The van der Waals surface area contributed by atoms with Crippen molar-refractivity contribution in [2.45, 2.75) is 45.6 Å². The Morgan fingerprint density at radius 3 is 2.71 bits per heavy atom. The number of nitrogens with one attached hydrogen (secondary N) is 1. The third-order valence-corrected chi connectivity index (χ3v) is 4.13. The zero-order valence-electron chi connectivity index (χ0n) is 12.9. The standard InChI is InChI=1S/C16H24ClN3O/c1-3-7-20-8-5-14(6-9-20)19-16(21)12-10-13(4-2)18-15(17)11-12/h10-11,14H,3-9H2,1-2H3,(H,19,21). The number of piperidine rings is 1. The second-order valence-electron chi connectivity index (χ2n) is 5.61. The highest BCUT2D eigenvalue weighted by molar-refractivity contribution is 6.29. The topological polar surface area (TPSA) is 45.2 Å². The highest BCUT2D eigenvalue weighted by Crippen LogP contribution is 2.14. The van der Waals surface area contributed by atoms with Gasteiger partial charge in [0.2, 0.25) is 0 Å². The molecule has 1 aliphatic heterocycles. The Bertz CT molecular complexity index is 484. The van der Waals surface area contributed by atoms with Crippen LogP contribution >= 0.6 is 11.6 Å². The third-order valence-electron chi connectivity index (χ3n) is 3.93. The van der Waals surface area contributed by atoms with Crippen molar-refractivity contribution in [1.29, 1.82) is 0 Å². The molecule has 1 amide bonds. The molecule has 2 heterocycles. The molecule has 0 aliphatic carbocycles. The Morgan fingerprint density at radius 1 is 1.38 bits per heavy atom. The normalized spacial score (nSPS) is 16.9. The molecule has 1 saturated heterocycles. The fourth-order valence-electron chi connectivity index (χ4n) is 2.75. The van der Waals surface area contributed by atoms with Crippen molar-refractivity contribution in [1.82, 2.24) is 15.2 Å². The number of hydrogen-bond donors (Lipinski definition) is 1. The van der Waals surface area contributed by atoms with Gasteiger partial charge >= 0.3 is 0 Å². The number of likely N-dealkylation sites (tertiary alicyclic amines) is 1. The van der Waals surface area contributed by atoms with E-state index in [9.17, 15) is 4.79 Å². The first-order valence-electron chi connectivity index (χ1n) is 7.82. The summed E-state index contributed by atoms with van der Waals surface area (Å²) in [5.41, 5.74) is 1.47. The monoisotopic (exact) mass is 309 g/mol. The summed E-state index contributed by atoms with van der Waals surface area (Å²) in [6.45, 7) is 7.49. The van der Waals surface area contributed by atoms with E-state index in [1.807, 2.05) is 13.0 Å². The smallest absolute Gasteiger partial charge is 0.251 e. The minimum atomic E-state index is -0.0389. The molecular formula is C16H24ClN3O. The number of hydrogen-bond acceptors (Lipinski definition) is 3. The molecule has 0 radical (unpaired) electrons. The van der Waals surface area contributed by atoms with Crippen LogP contribution in [0.5, 0.6) is 0 Å². The van der Waals surface area contributed by atoms with E-state index in [0.29, 0.717) is 10.7 Å². The molecule has 1 N–H and O–H groups in total. The predicted molar refractivity (Wildman–Crippen MR) is 85.8 cm³/mol. The van der Waals surface area contributed by atoms with Crippen molar-refractivity contribution in [2.75, 3.05) is 19.6 Å². The van der Waals surface area contributed by atoms with Crippen LogP contribution in [0.25, 0.3) is 0 Å². The minimum absolute atomic E-state index is 0.0389. The molecule has 0 spiro atoms. The van der Waals surface area contributed by atoms with Gasteiger partial charge in [0.05, 0.1) is 0 Å². The molecule has 5 heteroatoms. The molecule has 2 rings (SSSR count). The number of rotatable bonds is 5. The zero-order valence-corrected chi connectivity index (χ0v) is 13.6. The molecule has 0 aromatic carbocycles. The Balaban J connectivity index is 1.92. The number of amides is 1. The van der Waals surface area contributed by atoms with Gasteiger partial charge in [-0.05, 0) is 44.4 Å². The summed E-state index contributed by atoms with van der Waals surface area (Å²) in [6.07, 6.45) is 4.00. The van der Waals surface area contributed by atoms with Crippen LogP contribution < -0.4 is 5.32 Å². The first-order chi connectivity index (χ1) is 10.1. The largest absolute Gasteiger partial charge is 0.349 e. The fourth-order valence-corrected chi connectivity index (χ4v) is 2.98. The van der Waals surface area contributed by atoms with Gasteiger partial charge in [-0.15, -0.1) is 0 Å². The summed E-state index contributed by atoms with van der Waals surface area (Å²) in [5.74, 6) is -0.0389. The van der Waals surface area contributed by atoms with Gasteiger partial charge in [0, 0.05) is 30.4 Å². The highest BCUT2D eigenvalue weighted by Gasteiger charge is 2.21. The van der Waals surface area contributed by atoms with Crippen molar-refractivity contribution in [3.05, 3.63) is 28.5 Å². The van der Waals surface area contributed by atoms with Crippen LogP contribution in [0.4, 0.5) is 0 Å². The van der Waals surface area contributed by atoms with Gasteiger partial charge < -0.3 is 10.2 Å². The fraction of sp³-hybridized carbons (Fsp3) is 0.625. The summed E-state index contributed by atoms with van der Waals surface area (Å²) in [6, 6.07) is 3.73. The molecule has 0 bridgehead atoms. The molecule has 1 aromatic rings. The van der Waals surface area contributed by atoms with Gasteiger partial charge in [-0.2, -0.15) is 0 Å². The maximum Gasteiger partial charge on any atom is 0.251 e. The second-order valence-corrected chi connectivity index (χ2v) is 6.00. The summed E-state index contributed by atoms with van der Waals surface area (Å²) >= 11 is 5.97. The molecule has 4 nitrogen and oxygen atoms in total. The van der Waals surface area contributed by atoms with Crippen molar-refractivity contribution in [2.24, 2.45) is 0 Å². The lowest BCUT2D eigenvalue weighted by Crippen LogP contribution is -2.44. The van der Waals surface area contributed by atoms with E-state index >= 15 is 0 Å². The van der Waals surface area contributed by atoms with Crippen molar-refractivity contribution < 1.29 is 4.79 Å². The average molecular weight is 310 g/mol. The molecule has 1 aliphatic rings. The summed E-state index contributed by atoms with van der Waals surface area (Å²) in [5, 5.41) is 3.51. The van der Waals surface area contributed by atoms with E-state index in [0.717, 1.165) is 44.6 Å². The van der Waals surface area contributed by atoms with Gasteiger partial charge in [-0.25, -0.2) is 4.98 Å². The molecule has 0 saturated carbocycles. The lowest BCUT2D eigenvalue weighted by atomic mass is 10.0. The quantitative estimate of drug-likeness (QED) is 0.851. The van der Waals surface area contributed by atoms with Gasteiger partial charge in [-0.3, -0.25) is 4.79 Å². The predicted octanol–water partition coefficient (Wildman–Crippen LogP) is 2.90. The number of pyridine rings is 1. The van der Waals surface area contributed by atoms with Gasteiger partial charge in [0.15, 0.2) is 0 Å². The highest BCUT2D eigenvalue weighted by atomic mass is 35.5. The minimum Gasteiger partial charge on any atom is -0.349 e. The molecule has 116 valence electrons. The molecule has 0 atom stereocenters. The van der Waals surface area contributed by atoms with E-state index in [2.05, 4.69) is 22.1 Å². The van der Waals surface area contributed by atoms with Crippen molar-refractivity contribution >= 4 is 17.5 Å². The molecule has 0 unspecified atom stereocenters. The Hall–Kier alpha value is -1.13. The summed E-state index contributed by atoms with van der Waals surface area (Å²) in [7, 11) is 0. The van der Waals surface area contributed by atoms with Crippen LogP contribution in [0.2, 0.25) is 5.15 Å². The number of carbonyl (C=O) groups is 1. The van der Waals surface area contributed by atoms with Crippen LogP contribution in [-0.2, 0) is 6.42 Å². The van der Waals surface area contributed by atoms with E-state index in [-0.39, 0.29) is 11.9 Å². The number of aromatic nitrogens is 1. The Labute approximate surface area is 131 Å². The maximum absolute atomic E-state index is 12.3. The number of nitrogens with zero attached hydrogens (tertiary/aromatic N) is 2. The van der Waals surface area contributed by atoms with E-state index < -0.39 is 0 Å². The SMILES string of the molecule is CCCN1CCC(NC(=O)c2cc(Cl)nc(CC)c2)CC1. The third kappa shape index (κ3) is 4.68. The van der Waals surface area contributed by atoms with Gasteiger partial charge in [-0.1, -0.05) is 25.4 Å². The molecular weight excluding hydrogens is 286 g/mol. The van der Waals surface area contributed by atoms with Crippen molar-refractivity contribution in [3.8, 4) is 0 Å². The van der Waals surface area contributed by atoms with Gasteiger partial charge in [0.1, 0.15) is 5.15 Å². The van der Waals surface area contributed by atoms with Crippen molar-refractivity contribution in [3.63, 3.8) is 0 Å². The van der Waals surface area contributed by atoms with Crippen LogP contribution in [0.1, 0.15) is 49.2 Å². The first-order valence-corrected chi connectivity index (χ1v) is 8.19. The Kier molecular flexibility index (Phi) is 6.00. The van der Waals surface area contributed by atoms with Crippen LogP contribution in [-0.4, -0.2) is 41.5 Å². The zero-order chi connectivity index (χ0) is 15.2. The maximum atomic E-state index is 12.3. The van der Waals surface area contributed by atoms with E-state index in [1.165, 1.54) is 6.42 Å². The number of aryl methyl sites for hydroxylation is 1. The molecule has 21 heavy (non-hydrogen) atoms. The van der Waals surface area contributed by atoms with Crippen LogP contribution in [0.3, 0.4) is 0 Å². The van der Waals surface area contributed by atoms with Crippen LogP contribution in [0, 0.1) is 0 Å². The van der Waals surface area contributed by atoms with Gasteiger partial charge in [0.25, 0.3) is 5.91 Å². The van der Waals surface area contributed by atoms with E-state index in [4.69, 9.17) is 11.6 Å². The molecule has 1 aromatic heterocycles. The second kappa shape index (κ2) is 7.76. The number of carbonyl (C=O) groups excluding carboxylic acids is 1. The Morgan fingerprint density at radius 2 is 2.10 bits per heavy atom. The summed E-state index contributed by atoms with van der Waals surface area (Å²) < 4.78 is 0. The number of halogens is 1.